The molecule has 1 aromatic rings. The molecule has 1 aliphatic heterocycles. The fourth-order valence-corrected chi connectivity index (χ4v) is 2.15. The first kappa shape index (κ1) is 10.2. The molecule has 0 fully saturated rings. The van der Waals surface area contributed by atoms with E-state index in [4.69, 9.17) is 0 Å². The molecule has 0 spiro atoms. The van der Waals surface area contributed by atoms with Crippen molar-refractivity contribution in [1.29, 1.82) is 0 Å². The van der Waals surface area contributed by atoms with Crippen molar-refractivity contribution < 1.29 is 0 Å². The first-order chi connectivity index (χ1) is 7.40. The monoisotopic (exact) mass is 219 g/mol. The normalized spacial score (nSPS) is 18.5. The van der Waals surface area contributed by atoms with Crippen molar-refractivity contribution in [2.45, 2.75) is 6.92 Å². The van der Waals surface area contributed by atoms with Crippen LogP contribution in [0.2, 0.25) is 0 Å². The molecule has 0 radical (unpaired) electrons. The van der Waals surface area contributed by atoms with Crippen molar-refractivity contribution in [3.63, 3.8) is 0 Å². The first-order valence-electron chi connectivity index (χ1n) is 4.95. The van der Waals surface area contributed by atoms with Gasteiger partial charge in [-0.15, -0.1) is 0 Å². The minimum Gasteiger partial charge on any atom is -0.262 e. The Morgan fingerprint density at radius 1 is 1.40 bits per heavy atom. The minimum absolute atomic E-state index is 0.797. The third kappa shape index (κ3) is 2.59. The van der Waals surface area contributed by atoms with Crippen LogP contribution in [0.3, 0.4) is 0 Å². The third-order valence-electron chi connectivity index (χ3n) is 2.04. The molecule has 2 rings (SSSR count). The summed E-state index contributed by atoms with van der Waals surface area (Å²) < 4.78 is 0. The molecule has 1 aliphatic rings. The van der Waals surface area contributed by atoms with Gasteiger partial charge in [-0.1, -0.05) is 42.1 Å². The Balaban J connectivity index is 2.12. The van der Waals surface area contributed by atoms with Crippen molar-refractivity contribution >= 4 is 22.6 Å². The van der Waals surface area contributed by atoms with Gasteiger partial charge in [0.2, 0.25) is 0 Å². The zero-order valence-electron chi connectivity index (χ0n) is 8.60. The van der Waals surface area contributed by atoms with Gasteiger partial charge < -0.3 is 0 Å². The van der Waals surface area contributed by atoms with Crippen molar-refractivity contribution in [2.75, 3.05) is 12.3 Å². The molecule has 1 aromatic carbocycles. The highest BCUT2D eigenvalue weighted by molar-refractivity contribution is 8.14. The first-order valence-corrected chi connectivity index (χ1v) is 5.94. The second kappa shape index (κ2) is 4.98. The Morgan fingerprint density at radius 2 is 2.20 bits per heavy atom. The predicted octanol–water partition coefficient (Wildman–Crippen LogP) is 2.10. The number of hydrazone groups is 1. The average molecular weight is 219 g/mol. The Kier molecular flexibility index (Phi) is 3.40. The van der Waals surface area contributed by atoms with Crippen LogP contribution in [0.25, 0.3) is 0 Å². The molecule has 0 saturated heterocycles. The highest BCUT2D eigenvalue weighted by Crippen LogP contribution is 2.13. The number of hydrogen-bond acceptors (Lipinski definition) is 3. The van der Waals surface area contributed by atoms with Gasteiger partial charge in [0.05, 0.1) is 5.71 Å². The van der Waals surface area contributed by atoms with E-state index in [1.807, 2.05) is 25.1 Å². The Hall–Kier alpha value is -1.29. The molecular weight excluding hydrogens is 206 g/mol. The molecule has 4 heteroatoms. The summed E-state index contributed by atoms with van der Waals surface area (Å²) >= 11 is 1.70. The summed E-state index contributed by atoms with van der Waals surface area (Å²) in [5.41, 5.74) is 5.22. The lowest BCUT2D eigenvalue weighted by atomic mass is 10.1. The van der Waals surface area contributed by atoms with Gasteiger partial charge in [-0.2, -0.15) is 5.10 Å². The lowest BCUT2D eigenvalue weighted by Gasteiger charge is -2.14. The Morgan fingerprint density at radius 3 is 2.80 bits per heavy atom. The van der Waals surface area contributed by atoms with E-state index < -0.39 is 0 Å². The highest BCUT2D eigenvalue weighted by Gasteiger charge is 2.11. The summed E-state index contributed by atoms with van der Waals surface area (Å²) in [6.07, 6.45) is 0. The van der Waals surface area contributed by atoms with E-state index in [0.717, 1.165) is 23.2 Å². The standard InChI is InChI=1S/C11H13N3S/c1-2-12-11-14-13-10(8-15-11)9-6-4-3-5-7-9/h3-7H,2,8H2,1H3,(H,12,14). The van der Waals surface area contributed by atoms with E-state index in [0.29, 0.717) is 0 Å². The fraction of sp³-hybridized carbons (Fsp3) is 0.273. The molecule has 0 atom stereocenters. The summed E-state index contributed by atoms with van der Waals surface area (Å²) in [4.78, 5) is 4.27. The maximum atomic E-state index is 4.31. The fourth-order valence-electron chi connectivity index (χ4n) is 1.32. The zero-order valence-corrected chi connectivity index (χ0v) is 9.42. The van der Waals surface area contributed by atoms with Crippen LogP contribution in [0, 0.1) is 0 Å². The molecular formula is C11H13N3S. The van der Waals surface area contributed by atoms with Gasteiger partial charge in [-0.3, -0.25) is 10.4 Å². The second-order valence-electron chi connectivity index (χ2n) is 3.10. The van der Waals surface area contributed by atoms with Gasteiger partial charge in [0.1, 0.15) is 0 Å². The van der Waals surface area contributed by atoms with E-state index >= 15 is 0 Å². The van der Waals surface area contributed by atoms with E-state index in [9.17, 15) is 0 Å². The molecule has 0 aromatic heterocycles. The van der Waals surface area contributed by atoms with Gasteiger partial charge in [-0.25, -0.2) is 0 Å². The molecule has 78 valence electrons. The van der Waals surface area contributed by atoms with Crippen LogP contribution in [0.1, 0.15) is 12.5 Å². The SMILES string of the molecule is CCN=C1NN=C(c2ccccc2)CS1. The molecule has 0 bridgehead atoms. The number of nitrogens with zero attached hydrogens (tertiary/aromatic N) is 2. The minimum atomic E-state index is 0.797. The van der Waals surface area contributed by atoms with Crippen LogP contribution < -0.4 is 5.43 Å². The van der Waals surface area contributed by atoms with Crippen LogP contribution in [-0.2, 0) is 0 Å². The quantitative estimate of drug-likeness (QED) is 0.827. The maximum absolute atomic E-state index is 4.31. The van der Waals surface area contributed by atoms with Gasteiger partial charge in [-0.05, 0) is 12.5 Å². The number of benzene rings is 1. The highest BCUT2D eigenvalue weighted by atomic mass is 32.2. The van der Waals surface area contributed by atoms with Crippen molar-refractivity contribution in [3.05, 3.63) is 35.9 Å². The molecule has 1 heterocycles. The molecule has 0 amide bonds. The summed E-state index contributed by atoms with van der Waals surface area (Å²) in [6.45, 7) is 2.82. The number of thioether (sulfide) groups is 1. The topological polar surface area (TPSA) is 36.8 Å². The number of hydrogen-bond donors (Lipinski definition) is 1. The van der Waals surface area contributed by atoms with Crippen LogP contribution in [0.5, 0.6) is 0 Å². The molecule has 15 heavy (non-hydrogen) atoms. The summed E-state index contributed by atoms with van der Waals surface area (Å²) in [6, 6.07) is 10.2. The van der Waals surface area contributed by atoms with E-state index in [1.54, 1.807) is 11.8 Å². The average Bonchev–Trinajstić information content (AvgIpc) is 2.32. The number of amidine groups is 1. The second-order valence-corrected chi connectivity index (χ2v) is 4.07. The number of rotatable bonds is 2. The van der Waals surface area contributed by atoms with Gasteiger partial charge in [0.15, 0.2) is 5.17 Å². The molecule has 0 unspecified atom stereocenters. The lowest BCUT2D eigenvalue weighted by molar-refractivity contribution is 1.00. The summed E-state index contributed by atoms with van der Waals surface area (Å²) in [5, 5.41) is 5.23. The van der Waals surface area contributed by atoms with Crippen molar-refractivity contribution in [3.8, 4) is 0 Å². The van der Waals surface area contributed by atoms with Crippen LogP contribution in [0.15, 0.2) is 40.4 Å². The smallest absolute Gasteiger partial charge is 0.177 e. The molecule has 1 N–H and O–H groups in total. The summed E-state index contributed by atoms with van der Waals surface area (Å²) in [5.74, 6) is 0.885. The van der Waals surface area contributed by atoms with Crippen LogP contribution >= 0.6 is 11.8 Å². The van der Waals surface area contributed by atoms with Gasteiger partial charge >= 0.3 is 0 Å². The van der Waals surface area contributed by atoms with E-state index in [1.165, 1.54) is 5.56 Å². The van der Waals surface area contributed by atoms with Gasteiger partial charge in [0.25, 0.3) is 0 Å². The van der Waals surface area contributed by atoms with E-state index in [2.05, 4.69) is 27.7 Å². The lowest BCUT2D eigenvalue weighted by Crippen LogP contribution is -2.25. The maximum Gasteiger partial charge on any atom is 0.177 e. The van der Waals surface area contributed by atoms with Crippen molar-refractivity contribution in [2.24, 2.45) is 10.1 Å². The number of aliphatic imine (C=N–C) groups is 1. The number of nitrogens with one attached hydrogen (secondary N) is 1. The van der Waals surface area contributed by atoms with Crippen LogP contribution in [-0.4, -0.2) is 23.2 Å². The molecule has 0 saturated carbocycles. The Bertz CT molecular complexity index is 384. The largest absolute Gasteiger partial charge is 0.262 e. The zero-order chi connectivity index (χ0) is 10.5. The van der Waals surface area contributed by atoms with Gasteiger partial charge in [0, 0.05) is 12.3 Å². The predicted molar refractivity (Wildman–Crippen MR) is 66.5 cm³/mol. The molecule has 3 nitrogen and oxygen atoms in total. The van der Waals surface area contributed by atoms with Crippen molar-refractivity contribution in [1.82, 2.24) is 5.43 Å². The summed E-state index contributed by atoms with van der Waals surface area (Å²) in [7, 11) is 0. The molecule has 0 aliphatic carbocycles. The van der Waals surface area contributed by atoms with Crippen LogP contribution in [0.4, 0.5) is 0 Å². The third-order valence-corrected chi connectivity index (χ3v) is 2.95. The Labute approximate surface area is 93.7 Å². The van der Waals surface area contributed by atoms with E-state index in [-0.39, 0.29) is 0 Å².